The molecule has 0 bridgehead atoms. The minimum Gasteiger partial charge on any atom is -0.294 e. The Balaban J connectivity index is 1.91. The van der Waals surface area contributed by atoms with Gasteiger partial charge < -0.3 is 0 Å². The van der Waals surface area contributed by atoms with Crippen molar-refractivity contribution in [3.63, 3.8) is 0 Å². The van der Waals surface area contributed by atoms with Crippen molar-refractivity contribution in [2.75, 3.05) is 0 Å². The topological polar surface area (TPSA) is 104 Å². The molecule has 5 rings (SSSR count). The Kier molecular flexibility index (Phi) is 4.29. The van der Waals surface area contributed by atoms with E-state index in [0.29, 0.717) is 23.3 Å². The summed E-state index contributed by atoms with van der Waals surface area (Å²) < 4.78 is 2.56. The lowest BCUT2D eigenvalue weighted by atomic mass is 9.74. The van der Waals surface area contributed by atoms with Crippen LogP contribution in [0.4, 0.5) is 5.69 Å². The number of aromatic nitrogens is 2. The molecule has 2 heterocycles. The summed E-state index contributed by atoms with van der Waals surface area (Å²) in [6, 6.07) is 9.75. The van der Waals surface area contributed by atoms with E-state index in [2.05, 4.69) is 0 Å². The van der Waals surface area contributed by atoms with Crippen LogP contribution in [0, 0.1) is 15.5 Å². The van der Waals surface area contributed by atoms with Gasteiger partial charge in [0.05, 0.1) is 21.4 Å². The molecule has 0 N–H and O–H groups in total. The predicted molar refractivity (Wildman–Crippen MR) is 120 cm³/mol. The summed E-state index contributed by atoms with van der Waals surface area (Å²) in [6.45, 7) is 3.87. The number of carbonyl (C=O) groups excluding carboxylic acids is 1. The van der Waals surface area contributed by atoms with Gasteiger partial charge in [-0.3, -0.25) is 24.5 Å². The highest BCUT2D eigenvalue weighted by Crippen LogP contribution is 2.47. The molecule has 1 aliphatic carbocycles. The highest BCUT2D eigenvalue weighted by atomic mass is 35.5. The molecule has 0 fully saturated rings. The Morgan fingerprint density at radius 3 is 2.34 bits per heavy atom. The lowest BCUT2D eigenvalue weighted by Gasteiger charge is -2.30. The predicted octanol–water partition coefficient (Wildman–Crippen LogP) is 3.93. The Labute approximate surface area is 186 Å². The second kappa shape index (κ2) is 6.74. The number of hydrogen-bond acceptors (Lipinski definition) is 5. The number of fused-ring (bicyclic) bond motifs is 3. The van der Waals surface area contributed by atoms with Crippen LogP contribution in [0.2, 0.25) is 5.02 Å². The van der Waals surface area contributed by atoms with Gasteiger partial charge in [-0.05, 0) is 35.6 Å². The standard InChI is InChI=1S/C23H18ClN3O5/c1-23(2)10-17-19(18(28)11-23)20(12-7-8-15(24)16(9-12)27(31)32)26-22(30)14-6-4-3-5-13(14)21(29)25(17)26/h3-9,20H,10-11H2,1-2H3. The minimum atomic E-state index is -0.950. The third kappa shape index (κ3) is 2.79. The number of benzene rings is 2. The first-order valence-electron chi connectivity index (χ1n) is 10.1. The van der Waals surface area contributed by atoms with Gasteiger partial charge in [-0.1, -0.05) is 43.6 Å². The van der Waals surface area contributed by atoms with E-state index >= 15 is 0 Å². The fourth-order valence-corrected chi connectivity index (χ4v) is 5.03. The molecule has 162 valence electrons. The first-order chi connectivity index (χ1) is 15.1. The van der Waals surface area contributed by atoms with E-state index in [1.165, 1.54) is 21.5 Å². The molecule has 1 atom stereocenters. The van der Waals surface area contributed by atoms with Crippen LogP contribution in [-0.2, 0) is 4.79 Å². The molecule has 9 heteroatoms. The molecule has 32 heavy (non-hydrogen) atoms. The molecule has 0 radical (unpaired) electrons. The smallest absolute Gasteiger partial charge is 0.288 e. The van der Waals surface area contributed by atoms with Gasteiger partial charge >= 0.3 is 0 Å². The fourth-order valence-electron chi connectivity index (χ4n) is 4.84. The summed E-state index contributed by atoms with van der Waals surface area (Å²) in [5.74, 6) is -0.182. The summed E-state index contributed by atoms with van der Waals surface area (Å²) in [5.41, 5.74) is -0.415. The van der Waals surface area contributed by atoms with Gasteiger partial charge in [0.15, 0.2) is 5.78 Å². The number of halogens is 1. The Bertz CT molecular complexity index is 1510. The van der Waals surface area contributed by atoms with Crippen molar-refractivity contribution in [3.8, 4) is 0 Å². The number of ketones is 1. The lowest BCUT2D eigenvalue weighted by molar-refractivity contribution is -0.384. The van der Waals surface area contributed by atoms with Gasteiger partial charge in [0.1, 0.15) is 11.1 Å². The average molecular weight is 452 g/mol. The molecule has 1 unspecified atom stereocenters. The van der Waals surface area contributed by atoms with E-state index in [-0.39, 0.29) is 33.7 Å². The number of allylic oxidation sites excluding steroid dienone is 2. The molecule has 2 aromatic carbocycles. The molecule has 1 aromatic heterocycles. The van der Waals surface area contributed by atoms with Gasteiger partial charge in [0.25, 0.3) is 16.8 Å². The highest BCUT2D eigenvalue weighted by molar-refractivity contribution is 6.32. The van der Waals surface area contributed by atoms with Crippen LogP contribution in [-0.4, -0.2) is 20.1 Å². The maximum Gasteiger partial charge on any atom is 0.288 e. The molecular weight excluding hydrogens is 434 g/mol. The number of rotatable bonds is 2. The van der Waals surface area contributed by atoms with Crippen LogP contribution >= 0.6 is 11.6 Å². The fraction of sp³-hybridized carbons (Fsp3) is 0.261. The van der Waals surface area contributed by atoms with Crippen LogP contribution in [0.5, 0.6) is 0 Å². The third-order valence-corrected chi connectivity index (χ3v) is 6.48. The van der Waals surface area contributed by atoms with Crippen LogP contribution in [0.25, 0.3) is 16.5 Å². The largest absolute Gasteiger partial charge is 0.294 e. The molecular formula is C23H18ClN3O5. The van der Waals surface area contributed by atoms with E-state index in [4.69, 9.17) is 11.6 Å². The number of Topliss-reactive ketones (excluding diaryl/α,β-unsaturated/α-hetero) is 1. The normalized spacial score (nSPS) is 19.2. The van der Waals surface area contributed by atoms with E-state index in [0.717, 1.165) is 0 Å². The zero-order valence-electron chi connectivity index (χ0n) is 17.3. The SMILES string of the molecule is CC1(C)CC(=O)C2=C(C1)n1c(=O)c3ccccc3c(=O)n1C2c1ccc(Cl)c([N+](=O)[O-])c1. The number of carbonyl (C=O) groups is 1. The van der Waals surface area contributed by atoms with Crippen LogP contribution in [0.15, 0.2) is 57.6 Å². The van der Waals surface area contributed by atoms with E-state index in [1.54, 1.807) is 30.3 Å². The van der Waals surface area contributed by atoms with Crippen molar-refractivity contribution in [3.05, 3.63) is 89.4 Å². The molecule has 0 amide bonds. The van der Waals surface area contributed by atoms with Crippen LogP contribution in [0.1, 0.15) is 38.3 Å². The lowest BCUT2D eigenvalue weighted by Crippen LogP contribution is -2.37. The van der Waals surface area contributed by atoms with Crippen molar-refractivity contribution in [2.24, 2.45) is 5.41 Å². The van der Waals surface area contributed by atoms with Crippen molar-refractivity contribution < 1.29 is 9.72 Å². The number of nitro benzene ring substituents is 1. The van der Waals surface area contributed by atoms with Crippen LogP contribution in [0.3, 0.4) is 0 Å². The van der Waals surface area contributed by atoms with E-state index in [1.807, 2.05) is 13.8 Å². The summed E-state index contributed by atoms with van der Waals surface area (Å²) >= 11 is 5.99. The molecule has 0 spiro atoms. The van der Waals surface area contributed by atoms with Gasteiger partial charge in [0, 0.05) is 18.1 Å². The van der Waals surface area contributed by atoms with Gasteiger partial charge in [-0.2, -0.15) is 0 Å². The first kappa shape index (κ1) is 20.4. The van der Waals surface area contributed by atoms with Crippen molar-refractivity contribution in [1.82, 2.24) is 9.36 Å². The van der Waals surface area contributed by atoms with Gasteiger partial charge in [-0.25, -0.2) is 9.36 Å². The summed E-state index contributed by atoms with van der Waals surface area (Å²) in [7, 11) is 0. The van der Waals surface area contributed by atoms with E-state index in [9.17, 15) is 24.5 Å². The minimum absolute atomic E-state index is 0.0506. The second-order valence-electron chi connectivity index (χ2n) is 8.98. The van der Waals surface area contributed by atoms with Crippen molar-refractivity contribution >= 4 is 39.5 Å². The highest BCUT2D eigenvalue weighted by Gasteiger charge is 2.45. The van der Waals surface area contributed by atoms with Crippen LogP contribution < -0.4 is 11.1 Å². The Morgan fingerprint density at radius 1 is 1.03 bits per heavy atom. The first-order valence-corrected chi connectivity index (χ1v) is 10.5. The summed E-state index contributed by atoms with van der Waals surface area (Å²) in [4.78, 5) is 51.2. The van der Waals surface area contributed by atoms with E-state index < -0.39 is 27.5 Å². The summed E-state index contributed by atoms with van der Waals surface area (Å²) in [6.07, 6.45) is 0.660. The molecule has 2 aliphatic rings. The molecule has 0 saturated heterocycles. The average Bonchev–Trinajstić information content (AvgIpc) is 3.06. The Morgan fingerprint density at radius 2 is 1.69 bits per heavy atom. The molecule has 8 nitrogen and oxygen atoms in total. The zero-order valence-corrected chi connectivity index (χ0v) is 18.0. The maximum absolute atomic E-state index is 13.6. The zero-order chi connectivity index (χ0) is 22.9. The second-order valence-corrected chi connectivity index (χ2v) is 9.39. The van der Waals surface area contributed by atoms with Crippen molar-refractivity contribution in [2.45, 2.75) is 32.7 Å². The third-order valence-electron chi connectivity index (χ3n) is 6.16. The summed E-state index contributed by atoms with van der Waals surface area (Å²) in [5, 5.41) is 11.9. The van der Waals surface area contributed by atoms with Gasteiger partial charge in [-0.15, -0.1) is 0 Å². The Hall–Kier alpha value is -3.52. The number of nitro groups is 1. The number of hydrogen-bond donors (Lipinski definition) is 0. The van der Waals surface area contributed by atoms with Gasteiger partial charge in [0.2, 0.25) is 0 Å². The maximum atomic E-state index is 13.6. The van der Waals surface area contributed by atoms with Crippen molar-refractivity contribution in [1.29, 1.82) is 0 Å². The molecule has 0 saturated carbocycles. The molecule has 3 aromatic rings. The molecule has 1 aliphatic heterocycles. The quantitative estimate of drug-likeness (QED) is 0.433. The monoisotopic (exact) mass is 451 g/mol. The number of nitrogens with zero attached hydrogens (tertiary/aromatic N) is 3.